The molecule has 0 bridgehead atoms. The summed E-state index contributed by atoms with van der Waals surface area (Å²) in [4.78, 5) is 27.6. The number of hydrogen-bond acceptors (Lipinski definition) is 4. The molecule has 0 radical (unpaired) electrons. The third-order valence-corrected chi connectivity index (χ3v) is 5.56. The molecule has 2 fully saturated rings. The first kappa shape index (κ1) is 18.7. The Bertz CT molecular complexity index is 620. The fourth-order valence-electron chi connectivity index (χ4n) is 3.92. The number of piperidine rings is 1. The maximum absolute atomic E-state index is 12.4. The van der Waals surface area contributed by atoms with Gasteiger partial charge in [-0.1, -0.05) is 6.92 Å². The van der Waals surface area contributed by atoms with Gasteiger partial charge in [-0.3, -0.25) is 14.5 Å². The van der Waals surface area contributed by atoms with Crippen molar-refractivity contribution in [2.75, 3.05) is 31.1 Å². The predicted molar refractivity (Wildman–Crippen MR) is 102 cm³/mol. The molecule has 1 aliphatic carbocycles. The van der Waals surface area contributed by atoms with E-state index in [4.69, 9.17) is 5.11 Å². The van der Waals surface area contributed by atoms with Gasteiger partial charge in [-0.25, -0.2) is 0 Å². The number of nitrogens with zero attached hydrogens (tertiary/aromatic N) is 2. The summed E-state index contributed by atoms with van der Waals surface area (Å²) in [6.07, 6.45) is 5.42. The van der Waals surface area contributed by atoms with E-state index in [1.807, 2.05) is 36.1 Å². The standard InChI is InChI=1S/C20H29N3O3/c1-2-22(14-19(24)25)18-12-16(13-18)21-20(26)15-6-8-17(9-7-15)23-10-4-3-5-11-23/h6-9,16,18H,2-5,10-14H2,1H3,(H,21,26)(H,24,25). The summed E-state index contributed by atoms with van der Waals surface area (Å²) in [5, 5.41) is 12.0. The molecule has 142 valence electrons. The largest absolute Gasteiger partial charge is 0.480 e. The molecule has 0 unspecified atom stereocenters. The topological polar surface area (TPSA) is 72.9 Å². The second-order valence-electron chi connectivity index (χ2n) is 7.35. The zero-order valence-electron chi connectivity index (χ0n) is 15.5. The Morgan fingerprint density at radius 1 is 1.15 bits per heavy atom. The number of likely N-dealkylation sites (N-methyl/N-ethyl adjacent to an activating group) is 1. The van der Waals surface area contributed by atoms with Gasteiger partial charge in [0.25, 0.3) is 5.91 Å². The number of aliphatic carboxylic acids is 1. The molecule has 1 saturated carbocycles. The van der Waals surface area contributed by atoms with E-state index in [1.54, 1.807) is 0 Å². The van der Waals surface area contributed by atoms with Crippen LogP contribution in [-0.2, 0) is 4.79 Å². The number of nitrogens with one attached hydrogen (secondary N) is 1. The molecule has 2 aliphatic rings. The Morgan fingerprint density at radius 2 is 1.81 bits per heavy atom. The molecule has 6 heteroatoms. The van der Waals surface area contributed by atoms with Gasteiger partial charge in [0, 0.05) is 36.4 Å². The van der Waals surface area contributed by atoms with Gasteiger partial charge in [0.2, 0.25) is 0 Å². The highest BCUT2D eigenvalue weighted by molar-refractivity contribution is 5.94. The van der Waals surface area contributed by atoms with E-state index in [0.29, 0.717) is 5.56 Å². The lowest BCUT2D eigenvalue weighted by molar-refractivity contribution is -0.139. The number of rotatable bonds is 7. The van der Waals surface area contributed by atoms with E-state index in [1.165, 1.54) is 24.9 Å². The van der Waals surface area contributed by atoms with Crippen LogP contribution in [0.2, 0.25) is 0 Å². The average Bonchev–Trinajstić information content (AvgIpc) is 2.63. The number of anilines is 1. The van der Waals surface area contributed by atoms with Crippen molar-refractivity contribution in [1.29, 1.82) is 0 Å². The highest BCUT2D eigenvalue weighted by Gasteiger charge is 2.34. The summed E-state index contributed by atoms with van der Waals surface area (Å²) >= 11 is 0. The van der Waals surface area contributed by atoms with E-state index in [-0.39, 0.29) is 24.5 Å². The summed E-state index contributed by atoms with van der Waals surface area (Å²) in [6.45, 7) is 4.95. The fraction of sp³-hybridized carbons (Fsp3) is 0.600. The van der Waals surface area contributed by atoms with Crippen LogP contribution in [-0.4, -0.2) is 60.1 Å². The molecule has 2 N–H and O–H groups in total. The molecular formula is C20H29N3O3. The minimum atomic E-state index is -0.798. The molecule has 1 heterocycles. The van der Waals surface area contributed by atoms with Crippen molar-refractivity contribution >= 4 is 17.6 Å². The summed E-state index contributed by atoms with van der Waals surface area (Å²) in [5.74, 6) is -0.840. The maximum Gasteiger partial charge on any atom is 0.317 e. The molecule has 0 aromatic heterocycles. The van der Waals surface area contributed by atoms with Gasteiger partial charge in [-0.05, 0) is 62.9 Å². The van der Waals surface area contributed by atoms with Crippen molar-refractivity contribution in [3.8, 4) is 0 Å². The Morgan fingerprint density at radius 3 is 2.38 bits per heavy atom. The maximum atomic E-state index is 12.4. The zero-order chi connectivity index (χ0) is 18.5. The molecule has 3 rings (SSSR count). The summed E-state index contributed by atoms with van der Waals surface area (Å²) in [6, 6.07) is 8.27. The SMILES string of the molecule is CCN(CC(=O)O)C1CC(NC(=O)c2ccc(N3CCCCC3)cc2)C1. The Labute approximate surface area is 155 Å². The fourth-order valence-corrected chi connectivity index (χ4v) is 3.92. The van der Waals surface area contributed by atoms with Crippen LogP contribution in [0.25, 0.3) is 0 Å². The number of carboxylic acids is 1. The number of hydrogen-bond donors (Lipinski definition) is 2. The Kier molecular flexibility index (Phi) is 6.14. The molecule has 6 nitrogen and oxygen atoms in total. The Hall–Kier alpha value is -2.08. The highest BCUT2D eigenvalue weighted by Crippen LogP contribution is 2.26. The van der Waals surface area contributed by atoms with Crippen molar-refractivity contribution < 1.29 is 14.7 Å². The van der Waals surface area contributed by atoms with Crippen molar-refractivity contribution in [2.45, 2.75) is 51.1 Å². The van der Waals surface area contributed by atoms with E-state index in [2.05, 4.69) is 10.2 Å². The number of carboxylic acid groups (broad SMARTS) is 1. The van der Waals surface area contributed by atoms with Crippen LogP contribution < -0.4 is 10.2 Å². The molecule has 1 aromatic carbocycles. The molecule has 1 aromatic rings. The molecule has 1 amide bonds. The minimum absolute atomic E-state index is 0.0417. The van der Waals surface area contributed by atoms with Crippen molar-refractivity contribution in [2.24, 2.45) is 0 Å². The third-order valence-electron chi connectivity index (χ3n) is 5.56. The van der Waals surface area contributed by atoms with Gasteiger partial charge >= 0.3 is 5.97 Å². The first-order valence-electron chi connectivity index (χ1n) is 9.68. The smallest absolute Gasteiger partial charge is 0.317 e. The van der Waals surface area contributed by atoms with E-state index < -0.39 is 5.97 Å². The second kappa shape index (κ2) is 8.54. The number of carbonyl (C=O) groups is 2. The van der Waals surface area contributed by atoms with E-state index in [9.17, 15) is 9.59 Å². The van der Waals surface area contributed by atoms with Crippen molar-refractivity contribution in [3.63, 3.8) is 0 Å². The van der Waals surface area contributed by atoms with Gasteiger partial charge in [-0.15, -0.1) is 0 Å². The molecule has 26 heavy (non-hydrogen) atoms. The lowest BCUT2D eigenvalue weighted by atomic mass is 9.85. The van der Waals surface area contributed by atoms with Gasteiger partial charge in [-0.2, -0.15) is 0 Å². The van der Waals surface area contributed by atoms with Crippen molar-refractivity contribution in [3.05, 3.63) is 29.8 Å². The van der Waals surface area contributed by atoms with E-state index in [0.717, 1.165) is 32.5 Å². The molecular weight excluding hydrogens is 330 g/mol. The summed E-state index contributed by atoms with van der Waals surface area (Å²) < 4.78 is 0. The third kappa shape index (κ3) is 4.55. The van der Waals surface area contributed by atoms with E-state index >= 15 is 0 Å². The molecule has 1 saturated heterocycles. The van der Waals surface area contributed by atoms with Gasteiger partial charge in [0.05, 0.1) is 6.54 Å². The second-order valence-corrected chi connectivity index (χ2v) is 7.35. The van der Waals surface area contributed by atoms with Gasteiger partial charge in [0.15, 0.2) is 0 Å². The lowest BCUT2D eigenvalue weighted by Gasteiger charge is -2.42. The molecule has 1 aliphatic heterocycles. The lowest BCUT2D eigenvalue weighted by Crippen LogP contribution is -2.54. The number of benzene rings is 1. The average molecular weight is 359 g/mol. The van der Waals surface area contributed by atoms with Gasteiger partial charge < -0.3 is 15.3 Å². The summed E-state index contributed by atoms with van der Waals surface area (Å²) in [5.41, 5.74) is 1.88. The van der Waals surface area contributed by atoms with Crippen LogP contribution in [0.4, 0.5) is 5.69 Å². The summed E-state index contributed by atoms with van der Waals surface area (Å²) in [7, 11) is 0. The Balaban J connectivity index is 1.47. The van der Waals surface area contributed by atoms with Crippen LogP contribution in [0.5, 0.6) is 0 Å². The quantitative estimate of drug-likeness (QED) is 0.782. The van der Waals surface area contributed by atoms with Crippen LogP contribution in [0.3, 0.4) is 0 Å². The number of carbonyl (C=O) groups excluding carboxylic acids is 1. The van der Waals surface area contributed by atoms with Crippen LogP contribution in [0.1, 0.15) is 49.4 Å². The highest BCUT2D eigenvalue weighted by atomic mass is 16.4. The van der Waals surface area contributed by atoms with Crippen molar-refractivity contribution in [1.82, 2.24) is 10.2 Å². The first-order chi connectivity index (χ1) is 12.6. The van der Waals surface area contributed by atoms with Crippen LogP contribution in [0, 0.1) is 0 Å². The van der Waals surface area contributed by atoms with Gasteiger partial charge in [0.1, 0.15) is 0 Å². The van der Waals surface area contributed by atoms with Crippen LogP contribution >= 0.6 is 0 Å². The monoisotopic (exact) mass is 359 g/mol. The normalized spacial score (nSPS) is 22.8. The van der Waals surface area contributed by atoms with Crippen LogP contribution in [0.15, 0.2) is 24.3 Å². The predicted octanol–water partition coefficient (Wildman–Crippen LogP) is 2.34. The number of amides is 1. The zero-order valence-corrected chi connectivity index (χ0v) is 15.5. The minimum Gasteiger partial charge on any atom is -0.480 e. The molecule has 0 spiro atoms. The molecule has 0 atom stereocenters. The first-order valence-corrected chi connectivity index (χ1v) is 9.68.